The summed E-state index contributed by atoms with van der Waals surface area (Å²) in [6, 6.07) is 4.04. The van der Waals surface area contributed by atoms with Crippen LogP contribution in [-0.4, -0.2) is 35.9 Å². The maximum Gasteiger partial charge on any atom is 0.251 e. The van der Waals surface area contributed by atoms with E-state index < -0.39 is 0 Å². The molecule has 16 heavy (non-hydrogen) atoms. The first kappa shape index (κ1) is 12.3. The largest absolute Gasteiger partial charge is 0.504 e. The third kappa shape index (κ3) is 2.87. The van der Waals surface area contributed by atoms with E-state index in [4.69, 9.17) is 9.84 Å². The summed E-state index contributed by atoms with van der Waals surface area (Å²) in [5.74, 6) is -0.127. The summed E-state index contributed by atoms with van der Waals surface area (Å²) in [6.07, 6.45) is 0. The van der Waals surface area contributed by atoms with Gasteiger partial charge in [-0.15, -0.1) is 0 Å². The Morgan fingerprint density at radius 1 is 1.56 bits per heavy atom. The lowest BCUT2D eigenvalue weighted by atomic mass is 10.2. The predicted octanol–water partition coefficient (Wildman–Crippen LogP) is 0.511. The molecule has 0 unspecified atom stereocenters. The number of amides is 1. The van der Waals surface area contributed by atoms with Crippen molar-refractivity contribution < 1.29 is 19.7 Å². The Morgan fingerprint density at radius 3 is 2.75 bits per heavy atom. The highest BCUT2D eigenvalue weighted by atomic mass is 16.5. The molecule has 0 fully saturated rings. The number of carbonyl (C=O) groups excluding carboxylic acids is 1. The minimum Gasteiger partial charge on any atom is -0.504 e. The average molecular weight is 225 g/mol. The molecule has 0 heterocycles. The third-order valence-corrected chi connectivity index (χ3v) is 2.09. The van der Waals surface area contributed by atoms with Crippen molar-refractivity contribution in [2.75, 3.05) is 13.7 Å². The van der Waals surface area contributed by atoms with Crippen molar-refractivity contribution in [1.29, 1.82) is 0 Å². The van der Waals surface area contributed by atoms with Gasteiger partial charge in [0.25, 0.3) is 5.91 Å². The van der Waals surface area contributed by atoms with E-state index in [1.165, 1.54) is 25.3 Å². The van der Waals surface area contributed by atoms with Gasteiger partial charge in [-0.1, -0.05) is 0 Å². The van der Waals surface area contributed by atoms with Crippen molar-refractivity contribution in [2.45, 2.75) is 13.0 Å². The minimum atomic E-state index is -0.348. The zero-order valence-electron chi connectivity index (χ0n) is 9.23. The van der Waals surface area contributed by atoms with Crippen molar-refractivity contribution in [1.82, 2.24) is 5.32 Å². The van der Waals surface area contributed by atoms with Crippen LogP contribution in [0.3, 0.4) is 0 Å². The molecule has 0 aliphatic carbocycles. The third-order valence-electron chi connectivity index (χ3n) is 2.09. The van der Waals surface area contributed by atoms with Crippen LogP contribution >= 0.6 is 0 Å². The molecule has 0 saturated heterocycles. The number of phenols is 1. The fourth-order valence-corrected chi connectivity index (χ4v) is 1.18. The van der Waals surface area contributed by atoms with Crippen molar-refractivity contribution in [3.63, 3.8) is 0 Å². The van der Waals surface area contributed by atoms with Crippen LogP contribution in [0.15, 0.2) is 18.2 Å². The van der Waals surface area contributed by atoms with Crippen LogP contribution in [-0.2, 0) is 0 Å². The molecule has 88 valence electrons. The van der Waals surface area contributed by atoms with E-state index >= 15 is 0 Å². The number of benzene rings is 1. The highest BCUT2D eigenvalue weighted by Crippen LogP contribution is 2.26. The molecule has 1 rings (SSSR count). The molecule has 0 aromatic heterocycles. The van der Waals surface area contributed by atoms with Crippen molar-refractivity contribution in [2.24, 2.45) is 0 Å². The Morgan fingerprint density at radius 2 is 2.25 bits per heavy atom. The fraction of sp³-hybridized carbons (Fsp3) is 0.364. The van der Waals surface area contributed by atoms with Gasteiger partial charge in [-0.3, -0.25) is 4.79 Å². The number of nitrogens with one attached hydrogen (secondary N) is 1. The van der Waals surface area contributed by atoms with Gasteiger partial charge in [-0.2, -0.15) is 0 Å². The molecule has 1 amide bonds. The first-order valence-electron chi connectivity index (χ1n) is 4.87. The predicted molar refractivity (Wildman–Crippen MR) is 58.7 cm³/mol. The minimum absolute atomic E-state index is 0.0909. The molecule has 1 aromatic rings. The zero-order valence-corrected chi connectivity index (χ0v) is 9.23. The standard InChI is InChI=1S/C11H15NO4/c1-7(6-13)12-11(15)8-3-4-10(16-2)9(14)5-8/h3-5,7,13-14H,6H2,1-2H3,(H,12,15)/t7-/m1/s1. The Balaban J connectivity index is 2.81. The lowest BCUT2D eigenvalue weighted by Crippen LogP contribution is -2.34. The second kappa shape index (κ2) is 5.37. The van der Waals surface area contributed by atoms with E-state index in [0.717, 1.165) is 0 Å². The molecule has 0 saturated carbocycles. The van der Waals surface area contributed by atoms with E-state index in [1.54, 1.807) is 6.92 Å². The Labute approximate surface area is 93.7 Å². The summed E-state index contributed by atoms with van der Waals surface area (Å²) in [5, 5.41) is 20.8. The number of aromatic hydroxyl groups is 1. The number of methoxy groups -OCH3 is 1. The summed E-state index contributed by atoms with van der Waals surface area (Å²) in [5.41, 5.74) is 0.318. The number of rotatable bonds is 4. The van der Waals surface area contributed by atoms with E-state index in [2.05, 4.69) is 5.32 Å². The van der Waals surface area contributed by atoms with E-state index in [-0.39, 0.29) is 24.3 Å². The number of carbonyl (C=O) groups is 1. The van der Waals surface area contributed by atoms with Crippen LogP contribution in [0.2, 0.25) is 0 Å². The van der Waals surface area contributed by atoms with Gasteiger partial charge in [0, 0.05) is 11.6 Å². The quantitative estimate of drug-likeness (QED) is 0.697. The summed E-state index contributed by atoms with van der Waals surface area (Å²) in [4.78, 5) is 11.6. The lowest BCUT2D eigenvalue weighted by molar-refractivity contribution is 0.0922. The smallest absolute Gasteiger partial charge is 0.251 e. The van der Waals surface area contributed by atoms with E-state index in [1.807, 2.05) is 0 Å². The summed E-state index contributed by atoms with van der Waals surface area (Å²) < 4.78 is 4.86. The average Bonchev–Trinajstić information content (AvgIpc) is 2.28. The summed E-state index contributed by atoms with van der Waals surface area (Å²) >= 11 is 0. The molecule has 5 nitrogen and oxygen atoms in total. The fourth-order valence-electron chi connectivity index (χ4n) is 1.18. The highest BCUT2D eigenvalue weighted by Gasteiger charge is 2.11. The second-order valence-electron chi connectivity index (χ2n) is 3.44. The van der Waals surface area contributed by atoms with Gasteiger partial charge in [0.2, 0.25) is 0 Å². The van der Waals surface area contributed by atoms with Gasteiger partial charge in [0.15, 0.2) is 11.5 Å². The Bertz CT molecular complexity index is 378. The number of phenolic OH excluding ortho intramolecular Hbond substituents is 1. The Hall–Kier alpha value is -1.75. The zero-order chi connectivity index (χ0) is 12.1. The first-order chi connectivity index (χ1) is 7.58. The molecule has 5 heteroatoms. The van der Waals surface area contributed by atoms with Crippen molar-refractivity contribution >= 4 is 5.91 Å². The van der Waals surface area contributed by atoms with E-state index in [0.29, 0.717) is 11.3 Å². The van der Waals surface area contributed by atoms with Crippen molar-refractivity contribution in [3.05, 3.63) is 23.8 Å². The number of aliphatic hydroxyl groups is 1. The monoisotopic (exact) mass is 225 g/mol. The van der Waals surface area contributed by atoms with Crippen LogP contribution in [0.25, 0.3) is 0 Å². The first-order valence-corrected chi connectivity index (χ1v) is 4.87. The molecule has 0 bridgehead atoms. The molecule has 0 aliphatic rings. The molecule has 1 atom stereocenters. The van der Waals surface area contributed by atoms with Crippen LogP contribution in [0.1, 0.15) is 17.3 Å². The van der Waals surface area contributed by atoms with Gasteiger partial charge in [0.05, 0.1) is 13.7 Å². The molecule has 0 radical (unpaired) electrons. The van der Waals surface area contributed by atoms with Crippen LogP contribution < -0.4 is 10.1 Å². The number of ether oxygens (including phenoxy) is 1. The van der Waals surface area contributed by atoms with Gasteiger partial charge < -0.3 is 20.3 Å². The number of aliphatic hydroxyl groups excluding tert-OH is 1. The molecule has 3 N–H and O–H groups in total. The van der Waals surface area contributed by atoms with E-state index in [9.17, 15) is 9.90 Å². The number of hydrogen-bond donors (Lipinski definition) is 3. The van der Waals surface area contributed by atoms with Crippen molar-refractivity contribution in [3.8, 4) is 11.5 Å². The van der Waals surface area contributed by atoms with Gasteiger partial charge >= 0.3 is 0 Å². The SMILES string of the molecule is COc1ccc(C(=O)N[C@H](C)CO)cc1O. The number of hydrogen-bond acceptors (Lipinski definition) is 4. The molecule has 0 aliphatic heterocycles. The molecular formula is C11H15NO4. The van der Waals surface area contributed by atoms with Gasteiger partial charge in [-0.05, 0) is 25.1 Å². The van der Waals surface area contributed by atoms with Crippen LogP contribution in [0.5, 0.6) is 11.5 Å². The molecule has 0 spiro atoms. The Kier molecular flexibility index (Phi) is 4.13. The van der Waals surface area contributed by atoms with Gasteiger partial charge in [-0.25, -0.2) is 0 Å². The van der Waals surface area contributed by atoms with Gasteiger partial charge in [0.1, 0.15) is 0 Å². The maximum atomic E-state index is 11.6. The normalized spacial score (nSPS) is 11.9. The van der Waals surface area contributed by atoms with Crippen LogP contribution in [0, 0.1) is 0 Å². The maximum absolute atomic E-state index is 11.6. The highest BCUT2D eigenvalue weighted by molar-refractivity contribution is 5.95. The summed E-state index contributed by atoms with van der Waals surface area (Å²) in [6.45, 7) is 1.55. The lowest BCUT2D eigenvalue weighted by Gasteiger charge is -2.11. The topological polar surface area (TPSA) is 78.8 Å². The summed E-state index contributed by atoms with van der Waals surface area (Å²) in [7, 11) is 1.43. The second-order valence-corrected chi connectivity index (χ2v) is 3.44. The molecule has 1 aromatic carbocycles. The molecular weight excluding hydrogens is 210 g/mol. The van der Waals surface area contributed by atoms with Crippen LogP contribution in [0.4, 0.5) is 0 Å².